The van der Waals surface area contributed by atoms with E-state index in [1.807, 2.05) is 0 Å². The lowest BCUT2D eigenvalue weighted by molar-refractivity contribution is 0.0690. The van der Waals surface area contributed by atoms with Crippen molar-refractivity contribution in [2.45, 2.75) is 40.0 Å². The number of carboxylic acids is 1. The molecule has 1 heterocycles. The number of aromatic nitrogens is 2. The van der Waals surface area contributed by atoms with Crippen LogP contribution < -0.4 is 0 Å². The maximum absolute atomic E-state index is 11.0. The molecule has 0 saturated heterocycles. The molecular weight excluding hydrogens is 252 g/mol. The fourth-order valence-electron chi connectivity index (χ4n) is 2.53. The number of aromatic amines is 1. The van der Waals surface area contributed by atoms with E-state index in [1.165, 1.54) is 22.3 Å². The summed E-state index contributed by atoms with van der Waals surface area (Å²) >= 11 is 0. The highest BCUT2D eigenvalue weighted by atomic mass is 16.4. The van der Waals surface area contributed by atoms with Crippen LogP contribution in [0.2, 0.25) is 0 Å². The normalized spacial score (nSPS) is 11.7. The highest BCUT2D eigenvalue weighted by Crippen LogP contribution is 2.34. The van der Waals surface area contributed by atoms with Gasteiger partial charge in [0.05, 0.1) is 0 Å². The van der Waals surface area contributed by atoms with Gasteiger partial charge in [0.2, 0.25) is 0 Å². The first-order valence-corrected chi connectivity index (χ1v) is 6.61. The van der Waals surface area contributed by atoms with Crippen LogP contribution >= 0.6 is 0 Å². The van der Waals surface area contributed by atoms with Crippen LogP contribution in [0, 0.1) is 20.8 Å². The second-order valence-electron chi connectivity index (χ2n) is 5.85. The molecule has 0 aliphatic rings. The van der Waals surface area contributed by atoms with E-state index in [4.69, 9.17) is 5.11 Å². The summed E-state index contributed by atoms with van der Waals surface area (Å²) in [4.78, 5) is 11.0. The molecule has 4 heteroatoms. The minimum Gasteiger partial charge on any atom is -0.476 e. The molecule has 0 aliphatic heterocycles. The molecule has 20 heavy (non-hydrogen) atoms. The highest BCUT2D eigenvalue weighted by molar-refractivity contribution is 5.85. The van der Waals surface area contributed by atoms with Crippen LogP contribution in [0.1, 0.15) is 52.3 Å². The number of rotatable bonds is 3. The van der Waals surface area contributed by atoms with Gasteiger partial charge in [0, 0.05) is 11.1 Å². The molecule has 0 radical (unpaired) electrons. The Morgan fingerprint density at radius 1 is 1.10 bits per heavy atom. The molecule has 0 atom stereocenters. The molecule has 4 nitrogen and oxygen atoms in total. The van der Waals surface area contributed by atoms with Gasteiger partial charge in [0.15, 0.2) is 5.69 Å². The standard InChI is InChI=1S/C16H20N2O2/c1-9-6-11(3)12(7-10(9)2)16(4,5)14-8-13(15(19)20)17-18-14/h6-8H,1-5H3,(H,17,18)(H,19,20). The van der Waals surface area contributed by atoms with Gasteiger partial charge in [-0.3, -0.25) is 5.10 Å². The molecule has 2 N–H and O–H groups in total. The zero-order chi connectivity index (χ0) is 15.1. The Labute approximate surface area is 118 Å². The first kappa shape index (κ1) is 14.3. The Kier molecular flexibility index (Phi) is 3.42. The van der Waals surface area contributed by atoms with E-state index in [2.05, 4.69) is 56.9 Å². The Balaban J connectivity index is 2.53. The predicted molar refractivity (Wildman–Crippen MR) is 78.3 cm³/mol. The van der Waals surface area contributed by atoms with Crippen LogP contribution in [0.4, 0.5) is 0 Å². The molecule has 0 bridgehead atoms. The van der Waals surface area contributed by atoms with Gasteiger partial charge < -0.3 is 5.11 Å². The van der Waals surface area contributed by atoms with E-state index >= 15 is 0 Å². The van der Waals surface area contributed by atoms with Gasteiger partial charge in [-0.25, -0.2) is 4.79 Å². The van der Waals surface area contributed by atoms with Crippen molar-refractivity contribution in [3.63, 3.8) is 0 Å². The quantitative estimate of drug-likeness (QED) is 0.900. The van der Waals surface area contributed by atoms with Crippen molar-refractivity contribution in [3.8, 4) is 0 Å². The van der Waals surface area contributed by atoms with Crippen molar-refractivity contribution in [2.24, 2.45) is 0 Å². The lowest BCUT2D eigenvalue weighted by atomic mass is 9.78. The van der Waals surface area contributed by atoms with Gasteiger partial charge in [-0.1, -0.05) is 26.0 Å². The van der Waals surface area contributed by atoms with Crippen LogP contribution in [-0.2, 0) is 5.41 Å². The number of benzene rings is 1. The Hall–Kier alpha value is -2.10. The average Bonchev–Trinajstić information content (AvgIpc) is 2.83. The van der Waals surface area contributed by atoms with Crippen molar-refractivity contribution in [1.82, 2.24) is 10.2 Å². The topological polar surface area (TPSA) is 66.0 Å². The summed E-state index contributed by atoms with van der Waals surface area (Å²) < 4.78 is 0. The van der Waals surface area contributed by atoms with Gasteiger partial charge in [0.1, 0.15) is 0 Å². The van der Waals surface area contributed by atoms with Gasteiger partial charge in [0.25, 0.3) is 0 Å². The number of carbonyl (C=O) groups is 1. The number of carboxylic acid groups (broad SMARTS) is 1. The molecule has 0 amide bonds. The third-order valence-corrected chi connectivity index (χ3v) is 3.98. The number of nitrogens with one attached hydrogen (secondary N) is 1. The summed E-state index contributed by atoms with van der Waals surface area (Å²) in [5.41, 5.74) is 5.42. The average molecular weight is 272 g/mol. The maximum Gasteiger partial charge on any atom is 0.356 e. The number of aryl methyl sites for hydroxylation is 3. The van der Waals surface area contributed by atoms with Crippen LogP contribution in [0.3, 0.4) is 0 Å². The van der Waals surface area contributed by atoms with Crippen molar-refractivity contribution < 1.29 is 9.90 Å². The fourth-order valence-corrected chi connectivity index (χ4v) is 2.53. The molecule has 2 rings (SSSR count). The van der Waals surface area contributed by atoms with Crippen molar-refractivity contribution >= 4 is 5.97 Å². The summed E-state index contributed by atoms with van der Waals surface area (Å²) in [5, 5.41) is 15.7. The third-order valence-electron chi connectivity index (χ3n) is 3.98. The maximum atomic E-state index is 11.0. The van der Waals surface area contributed by atoms with E-state index < -0.39 is 5.97 Å². The molecule has 106 valence electrons. The van der Waals surface area contributed by atoms with E-state index in [-0.39, 0.29) is 11.1 Å². The van der Waals surface area contributed by atoms with Gasteiger partial charge in [-0.2, -0.15) is 5.10 Å². The SMILES string of the molecule is Cc1cc(C)c(C(C)(C)c2cc(C(=O)O)n[nH]2)cc1C. The molecule has 0 unspecified atom stereocenters. The second-order valence-corrected chi connectivity index (χ2v) is 5.85. The number of aromatic carboxylic acids is 1. The molecule has 0 spiro atoms. The highest BCUT2D eigenvalue weighted by Gasteiger charge is 2.28. The first-order valence-electron chi connectivity index (χ1n) is 6.61. The van der Waals surface area contributed by atoms with Gasteiger partial charge in [-0.15, -0.1) is 0 Å². The zero-order valence-corrected chi connectivity index (χ0v) is 12.5. The molecular formula is C16H20N2O2. The number of hydrogen-bond acceptors (Lipinski definition) is 2. The van der Waals surface area contributed by atoms with E-state index in [9.17, 15) is 4.79 Å². The van der Waals surface area contributed by atoms with Crippen molar-refractivity contribution in [1.29, 1.82) is 0 Å². The van der Waals surface area contributed by atoms with Crippen LogP contribution in [0.25, 0.3) is 0 Å². The molecule has 0 fully saturated rings. The molecule has 1 aromatic carbocycles. The number of nitrogens with zero attached hydrogens (tertiary/aromatic N) is 1. The van der Waals surface area contributed by atoms with Crippen molar-refractivity contribution in [3.05, 3.63) is 51.8 Å². The van der Waals surface area contributed by atoms with Crippen molar-refractivity contribution in [2.75, 3.05) is 0 Å². The summed E-state index contributed by atoms with van der Waals surface area (Å²) in [7, 11) is 0. The molecule has 0 aliphatic carbocycles. The Morgan fingerprint density at radius 2 is 1.70 bits per heavy atom. The summed E-state index contributed by atoms with van der Waals surface area (Å²) in [6.45, 7) is 10.4. The summed E-state index contributed by atoms with van der Waals surface area (Å²) in [6, 6.07) is 5.95. The Morgan fingerprint density at radius 3 is 2.25 bits per heavy atom. The minimum atomic E-state index is -1.01. The second kappa shape index (κ2) is 4.78. The number of hydrogen-bond donors (Lipinski definition) is 2. The molecule has 1 aromatic heterocycles. The van der Waals surface area contributed by atoms with E-state index in [0.717, 1.165) is 5.69 Å². The number of H-pyrrole nitrogens is 1. The van der Waals surface area contributed by atoms with E-state index in [1.54, 1.807) is 6.07 Å². The zero-order valence-electron chi connectivity index (χ0n) is 12.5. The fraction of sp³-hybridized carbons (Fsp3) is 0.375. The molecule has 0 saturated carbocycles. The largest absolute Gasteiger partial charge is 0.476 e. The lowest BCUT2D eigenvalue weighted by Crippen LogP contribution is -2.21. The third kappa shape index (κ3) is 2.33. The predicted octanol–water partition coefficient (Wildman–Crippen LogP) is 3.36. The molecule has 2 aromatic rings. The van der Waals surface area contributed by atoms with Crippen LogP contribution in [0.15, 0.2) is 18.2 Å². The van der Waals surface area contributed by atoms with E-state index in [0.29, 0.717) is 0 Å². The van der Waals surface area contributed by atoms with Crippen LogP contribution in [-0.4, -0.2) is 21.3 Å². The minimum absolute atomic E-state index is 0.0505. The van der Waals surface area contributed by atoms with Crippen LogP contribution in [0.5, 0.6) is 0 Å². The monoisotopic (exact) mass is 272 g/mol. The lowest BCUT2D eigenvalue weighted by Gasteiger charge is -2.26. The van der Waals surface area contributed by atoms with Gasteiger partial charge >= 0.3 is 5.97 Å². The summed E-state index contributed by atoms with van der Waals surface area (Å²) in [6.07, 6.45) is 0. The van der Waals surface area contributed by atoms with Gasteiger partial charge in [-0.05, 0) is 49.1 Å². The first-order chi connectivity index (χ1) is 9.23. The summed E-state index contributed by atoms with van der Waals surface area (Å²) in [5.74, 6) is -1.01. The Bertz CT molecular complexity index is 669. The smallest absolute Gasteiger partial charge is 0.356 e.